The molecule has 0 aromatic carbocycles. The molecule has 0 saturated heterocycles. The van der Waals surface area contributed by atoms with E-state index in [-0.39, 0.29) is 5.91 Å². The first-order chi connectivity index (χ1) is 8.47. The number of halogens is 1. The zero-order valence-electron chi connectivity index (χ0n) is 10.6. The molecule has 2 rings (SSSR count). The molecule has 0 unspecified atom stereocenters. The van der Waals surface area contributed by atoms with Crippen LogP contribution in [0.25, 0.3) is 0 Å². The van der Waals surface area contributed by atoms with Crippen LogP contribution in [0.4, 0.5) is 0 Å². The Labute approximate surface area is 114 Å². The summed E-state index contributed by atoms with van der Waals surface area (Å²) in [5, 5.41) is 0. The van der Waals surface area contributed by atoms with Crippen LogP contribution in [0, 0.1) is 6.92 Å². The molecule has 0 aliphatic rings. The zero-order chi connectivity index (χ0) is 13.3. The summed E-state index contributed by atoms with van der Waals surface area (Å²) in [6, 6.07) is 5.60. The first-order valence-corrected chi connectivity index (χ1v) is 6.39. The predicted octanol–water partition coefficient (Wildman–Crippen LogP) is 2.96. The highest BCUT2D eigenvalue weighted by molar-refractivity contribution is 9.10. The van der Waals surface area contributed by atoms with Crippen LogP contribution >= 0.6 is 15.9 Å². The minimum atomic E-state index is -0.0303. The molecular weight excluding hydrogens is 296 g/mol. The van der Waals surface area contributed by atoms with Crippen molar-refractivity contribution in [2.45, 2.75) is 13.5 Å². The minimum Gasteiger partial charge on any atom is -0.464 e. The van der Waals surface area contributed by atoms with E-state index in [4.69, 9.17) is 4.42 Å². The molecule has 5 heteroatoms. The predicted molar refractivity (Wildman–Crippen MR) is 72.4 cm³/mol. The summed E-state index contributed by atoms with van der Waals surface area (Å²) in [4.78, 5) is 13.9. The van der Waals surface area contributed by atoms with Gasteiger partial charge in [-0.1, -0.05) is 0 Å². The molecule has 0 aliphatic carbocycles. The molecule has 0 spiro atoms. The fraction of sp³-hybridized carbons (Fsp3) is 0.308. The Morgan fingerprint density at radius 3 is 2.72 bits per heavy atom. The van der Waals surface area contributed by atoms with Crippen molar-refractivity contribution < 1.29 is 9.21 Å². The summed E-state index contributed by atoms with van der Waals surface area (Å²) in [5.74, 6) is 1.61. The van der Waals surface area contributed by atoms with Gasteiger partial charge < -0.3 is 13.9 Å². The topological polar surface area (TPSA) is 38.4 Å². The van der Waals surface area contributed by atoms with Gasteiger partial charge in [0, 0.05) is 24.8 Å². The van der Waals surface area contributed by atoms with Crippen LogP contribution in [0.5, 0.6) is 0 Å². The van der Waals surface area contributed by atoms with Gasteiger partial charge >= 0.3 is 0 Å². The molecule has 2 aromatic heterocycles. The van der Waals surface area contributed by atoms with Gasteiger partial charge in [-0.05, 0) is 41.1 Å². The van der Waals surface area contributed by atoms with Crippen LogP contribution in [0.1, 0.15) is 22.0 Å². The average molecular weight is 311 g/mol. The zero-order valence-corrected chi connectivity index (χ0v) is 12.2. The lowest BCUT2D eigenvalue weighted by Gasteiger charge is -2.15. The summed E-state index contributed by atoms with van der Waals surface area (Å²) in [5.41, 5.74) is 0.646. The number of furan rings is 1. The highest BCUT2D eigenvalue weighted by Crippen LogP contribution is 2.16. The number of amides is 1. The summed E-state index contributed by atoms with van der Waals surface area (Å²) in [7, 11) is 3.62. The first-order valence-electron chi connectivity index (χ1n) is 5.60. The smallest absolute Gasteiger partial charge is 0.270 e. The van der Waals surface area contributed by atoms with Crippen LogP contribution in [0.3, 0.4) is 0 Å². The average Bonchev–Trinajstić information content (AvgIpc) is 2.84. The lowest BCUT2D eigenvalue weighted by molar-refractivity contribution is 0.0765. The van der Waals surface area contributed by atoms with Crippen molar-refractivity contribution in [3.05, 3.63) is 46.1 Å². The molecule has 0 fully saturated rings. The van der Waals surface area contributed by atoms with Gasteiger partial charge in [-0.25, -0.2) is 0 Å². The molecule has 0 bridgehead atoms. The van der Waals surface area contributed by atoms with Gasteiger partial charge in [0.15, 0.2) is 0 Å². The molecule has 0 aliphatic heterocycles. The molecule has 2 aromatic rings. The minimum absolute atomic E-state index is 0.0303. The second-order valence-electron chi connectivity index (χ2n) is 4.33. The van der Waals surface area contributed by atoms with Crippen molar-refractivity contribution in [1.29, 1.82) is 0 Å². The monoisotopic (exact) mass is 310 g/mol. The van der Waals surface area contributed by atoms with E-state index in [0.717, 1.165) is 16.0 Å². The molecule has 0 saturated carbocycles. The number of nitrogens with zero attached hydrogens (tertiary/aromatic N) is 2. The Balaban J connectivity index is 2.11. The third-order valence-electron chi connectivity index (χ3n) is 2.73. The Morgan fingerprint density at radius 1 is 1.50 bits per heavy atom. The molecule has 96 valence electrons. The molecular formula is C13H15BrN2O2. The summed E-state index contributed by atoms with van der Waals surface area (Å²) >= 11 is 3.36. The van der Waals surface area contributed by atoms with Gasteiger partial charge in [0.1, 0.15) is 17.2 Å². The standard InChI is InChI=1S/C13H15BrN2O2/c1-9-4-5-11(18-9)8-16(3)13(17)12-6-10(14)7-15(12)2/h4-7H,8H2,1-3H3. The maximum atomic E-state index is 12.2. The second kappa shape index (κ2) is 5.02. The van der Waals surface area contributed by atoms with E-state index < -0.39 is 0 Å². The van der Waals surface area contributed by atoms with E-state index >= 15 is 0 Å². The van der Waals surface area contributed by atoms with Gasteiger partial charge in [-0.15, -0.1) is 0 Å². The molecule has 0 N–H and O–H groups in total. The van der Waals surface area contributed by atoms with Gasteiger partial charge in [0.05, 0.1) is 6.54 Å². The fourth-order valence-corrected chi connectivity index (χ4v) is 2.33. The van der Waals surface area contributed by atoms with E-state index in [9.17, 15) is 4.79 Å². The molecule has 1 amide bonds. The largest absolute Gasteiger partial charge is 0.464 e. The van der Waals surface area contributed by atoms with Crippen LogP contribution < -0.4 is 0 Å². The van der Waals surface area contributed by atoms with E-state index in [0.29, 0.717) is 12.2 Å². The van der Waals surface area contributed by atoms with Crippen LogP contribution in [-0.4, -0.2) is 22.4 Å². The SMILES string of the molecule is Cc1ccc(CN(C)C(=O)c2cc(Br)cn2C)o1. The van der Waals surface area contributed by atoms with E-state index in [2.05, 4.69) is 15.9 Å². The van der Waals surface area contributed by atoms with Crippen LogP contribution in [-0.2, 0) is 13.6 Å². The number of hydrogen-bond acceptors (Lipinski definition) is 2. The normalized spacial score (nSPS) is 10.7. The van der Waals surface area contributed by atoms with E-state index in [1.54, 1.807) is 16.5 Å². The van der Waals surface area contributed by atoms with E-state index in [1.165, 1.54) is 0 Å². The van der Waals surface area contributed by atoms with Gasteiger partial charge in [0.25, 0.3) is 5.91 Å². The molecule has 18 heavy (non-hydrogen) atoms. The van der Waals surface area contributed by atoms with Crippen molar-refractivity contribution in [3.63, 3.8) is 0 Å². The quantitative estimate of drug-likeness (QED) is 0.874. The fourth-order valence-electron chi connectivity index (χ4n) is 1.81. The third kappa shape index (κ3) is 2.67. The number of aryl methyl sites for hydroxylation is 2. The maximum absolute atomic E-state index is 12.2. The Morgan fingerprint density at radius 2 is 2.22 bits per heavy atom. The summed E-state index contributed by atoms with van der Waals surface area (Å²) in [6.45, 7) is 2.36. The van der Waals surface area contributed by atoms with Crippen molar-refractivity contribution in [1.82, 2.24) is 9.47 Å². The molecule has 0 atom stereocenters. The number of hydrogen-bond donors (Lipinski definition) is 0. The van der Waals surface area contributed by atoms with Crippen LogP contribution in [0.2, 0.25) is 0 Å². The van der Waals surface area contributed by atoms with Crippen molar-refractivity contribution >= 4 is 21.8 Å². The number of rotatable bonds is 3. The van der Waals surface area contributed by atoms with Gasteiger partial charge in [0.2, 0.25) is 0 Å². The molecule has 2 heterocycles. The lowest BCUT2D eigenvalue weighted by atomic mass is 10.3. The van der Waals surface area contributed by atoms with Gasteiger partial charge in [-0.3, -0.25) is 4.79 Å². The highest BCUT2D eigenvalue weighted by atomic mass is 79.9. The van der Waals surface area contributed by atoms with Crippen molar-refractivity contribution in [3.8, 4) is 0 Å². The number of aromatic nitrogens is 1. The summed E-state index contributed by atoms with van der Waals surface area (Å²) < 4.78 is 8.17. The third-order valence-corrected chi connectivity index (χ3v) is 3.16. The number of carbonyl (C=O) groups excluding carboxylic acids is 1. The second-order valence-corrected chi connectivity index (χ2v) is 5.24. The van der Waals surface area contributed by atoms with E-state index in [1.807, 2.05) is 38.4 Å². The highest BCUT2D eigenvalue weighted by Gasteiger charge is 2.16. The van der Waals surface area contributed by atoms with Crippen molar-refractivity contribution in [2.24, 2.45) is 7.05 Å². The maximum Gasteiger partial charge on any atom is 0.270 e. The Hall–Kier alpha value is -1.49. The Kier molecular flexibility index (Phi) is 3.61. The van der Waals surface area contributed by atoms with Crippen LogP contribution in [0.15, 0.2) is 33.3 Å². The Bertz CT molecular complexity index is 571. The molecule has 4 nitrogen and oxygen atoms in total. The number of carbonyl (C=O) groups is 1. The lowest BCUT2D eigenvalue weighted by Crippen LogP contribution is -2.27. The van der Waals surface area contributed by atoms with Gasteiger partial charge in [-0.2, -0.15) is 0 Å². The summed E-state index contributed by atoms with van der Waals surface area (Å²) in [6.07, 6.45) is 1.86. The van der Waals surface area contributed by atoms with Crippen molar-refractivity contribution in [2.75, 3.05) is 7.05 Å². The molecule has 0 radical (unpaired) electrons. The first kappa shape index (κ1) is 13.0.